The number of aromatic nitrogens is 1. The number of hydrogen-bond acceptors (Lipinski definition) is 4. The highest BCUT2D eigenvalue weighted by molar-refractivity contribution is 7.15. The fourth-order valence-electron chi connectivity index (χ4n) is 2.47. The number of anilines is 1. The predicted octanol–water partition coefficient (Wildman–Crippen LogP) is 3.65. The van der Waals surface area contributed by atoms with Gasteiger partial charge >= 0.3 is 0 Å². The second kappa shape index (κ2) is 9.93. The van der Waals surface area contributed by atoms with Crippen molar-refractivity contribution in [2.24, 2.45) is 0 Å². The summed E-state index contributed by atoms with van der Waals surface area (Å²) in [5.74, 6) is -0.222. The molecule has 2 aromatic rings. The first-order valence-electron chi connectivity index (χ1n) is 8.62. The van der Waals surface area contributed by atoms with Gasteiger partial charge in [-0.1, -0.05) is 50.1 Å². The zero-order valence-corrected chi connectivity index (χ0v) is 15.6. The van der Waals surface area contributed by atoms with Crippen molar-refractivity contribution in [3.05, 3.63) is 47.0 Å². The molecule has 0 atom stereocenters. The molecule has 0 saturated heterocycles. The number of rotatable bonds is 9. The zero-order valence-electron chi connectivity index (χ0n) is 14.8. The molecule has 1 heterocycles. The van der Waals surface area contributed by atoms with Crippen LogP contribution in [0.2, 0.25) is 0 Å². The molecule has 134 valence electrons. The van der Waals surface area contributed by atoms with Crippen molar-refractivity contribution >= 4 is 28.3 Å². The Bertz CT molecular complexity index is 685. The van der Waals surface area contributed by atoms with Crippen molar-refractivity contribution in [1.29, 1.82) is 0 Å². The predicted molar refractivity (Wildman–Crippen MR) is 102 cm³/mol. The summed E-state index contributed by atoms with van der Waals surface area (Å²) in [5.41, 5.74) is 0.962. The number of unbranched alkanes of at least 4 members (excludes halogenated alkanes) is 2. The molecule has 0 saturated carbocycles. The van der Waals surface area contributed by atoms with Gasteiger partial charge in [-0.05, 0) is 18.9 Å². The lowest BCUT2D eigenvalue weighted by atomic mass is 10.1. The summed E-state index contributed by atoms with van der Waals surface area (Å²) in [6.45, 7) is 4.72. The Kier molecular flexibility index (Phi) is 7.60. The fraction of sp³-hybridized carbons (Fsp3) is 0.421. The van der Waals surface area contributed by atoms with Crippen LogP contribution in [0, 0.1) is 6.92 Å². The highest BCUT2D eigenvalue weighted by atomic mass is 32.1. The normalized spacial score (nSPS) is 10.5. The molecule has 5 nitrogen and oxygen atoms in total. The van der Waals surface area contributed by atoms with E-state index in [1.807, 2.05) is 37.3 Å². The van der Waals surface area contributed by atoms with Crippen molar-refractivity contribution in [3.8, 4) is 0 Å². The molecule has 0 aliphatic rings. The number of aryl methyl sites for hydroxylation is 1. The summed E-state index contributed by atoms with van der Waals surface area (Å²) >= 11 is 1.43. The lowest BCUT2D eigenvalue weighted by Crippen LogP contribution is -2.39. The molecule has 2 rings (SSSR count). The molecule has 6 heteroatoms. The van der Waals surface area contributed by atoms with Gasteiger partial charge in [-0.2, -0.15) is 0 Å². The Morgan fingerprint density at radius 1 is 1.20 bits per heavy atom. The SMILES string of the molecule is CCCCCN(CC(=O)Nc1ncc(C)s1)C(=O)Cc1ccccc1. The van der Waals surface area contributed by atoms with Gasteiger partial charge in [0.25, 0.3) is 0 Å². The minimum absolute atomic E-state index is 0.0206. The van der Waals surface area contributed by atoms with E-state index in [2.05, 4.69) is 17.2 Å². The number of amides is 2. The Morgan fingerprint density at radius 3 is 2.60 bits per heavy atom. The number of thiazole rings is 1. The maximum Gasteiger partial charge on any atom is 0.245 e. The highest BCUT2D eigenvalue weighted by Crippen LogP contribution is 2.16. The monoisotopic (exact) mass is 359 g/mol. The molecule has 1 aromatic heterocycles. The average molecular weight is 359 g/mol. The van der Waals surface area contributed by atoms with E-state index in [0.717, 1.165) is 29.7 Å². The maximum absolute atomic E-state index is 12.6. The highest BCUT2D eigenvalue weighted by Gasteiger charge is 2.18. The van der Waals surface area contributed by atoms with E-state index < -0.39 is 0 Å². The number of benzene rings is 1. The molecule has 0 unspecified atom stereocenters. The fourth-order valence-corrected chi connectivity index (χ4v) is 3.15. The van der Waals surface area contributed by atoms with E-state index in [-0.39, 0.29) is 18.4 Å². The third-order valence-electron chi connectivity index (χ3n) is 3.78. The Morgan fingerprint density at radius 2 is 1.96 bits per heavy atom. The molecular weight excluding hydrogens is 334 g/mol. The summed E-state index contributed by atoms with van der Waals surface area (Å²) in [4.78, 5) is 31.7. The summed E-state index contributed by atoms with van der Waals surface area (Å²) in [6, 6.07) is 9.63. The van der Waals surface area contributed by atoms with Gasteiger partial charge in [-0.25, -0.2) is 4.98 Å². The molecule has 0 bridgehead atoms. The van der Waals surface area contributed by atoms with Crippen molar-refractivity contribution in [2.75, 3.05) is 18.4 Å². The molecular formula is C19H25N3O2S. The van der Waals surface area contributed by atoms with Crippen LogP contribution in [0.4, 0.5) is 5.13 Å². The largest absolute Gasteiger partial charge is 0.333 e. The second-order valence-corrected chi connectivity index (χ2v) is 7.24. The van der Waals surface area contributed by atoms with Crippen LogP contribution in [-0.4, -0.2) is 34.8 Å². The van der Waals surface area contributed by atoms with E-state index in [1.165, 1.54) is 11.3 Å². The van der Waals surface area contributed by atoms with Gasteiger partial charge in [0.15, 0.2) is 5.13 Å². The van der Waals surface area contributed by atoms with Crippen molar-refractivity contribution in [1.82, 2.24) is 9.88 Å². The van der Waals surface area contributed by atoms with Gasteiger partial charge in [0, 0.05) is 17.6 Å². The van der Waals surface area contributed by atoms with Gasteiger partial charge in [0.1, 0.15) is 0 Å². The minimum Gasteiger partial charge on any atom is -0.333 e. The summed E-state index contributed by atoms with van der Waals surface area (Å²) in [6.07, 6.45) is 5.06. The van der Waals surface area contributed by atoms with Crippen molar-refractivity contribution in [2.45, 2.75) is 39.5 Å². The molecule has 1 aromatic carbocycles. The summed E-state index contributed by atoms with van der Waals surface area (Å²) < 4.78 is 0. The molecule has 0 aliphatic carbocycles. The van der Waals surface area contributed by atoms with Crippen LogP contribution < -0.4 is 5.32 Å². The smallest absolute Gasteiger partial charge is 0.245 e. The Hall–Kier alpha value is -2.21. The molecule has 25 heavy (non-hydrogen) atoms. The van der Waals surface area contributed by atoms with Gasteiger partial charge < -0.3 is 10.2 Å². The molecule has 0 radical (unpaired) electrons. The van der Waals surface area contributed by atoms with Gasteiger partial charge in [-0.15, -0.1) is 11.3 Å². The number of hydrogen-bond donors (Lipinski definition) is 1. The molecule has 1 N–H and O–H groups in total. The lowest BCUT2D eigenvalue weighted by molar-refractivity contribution is -0.134. The van der Waals surface area contributed by atoms with E-state index in [9.17, 15) is 9.59 Å². The third-order valence-corrected chi connectivity index (χ3v) is 4.61. The van der Waals surface area contributed by atoms with Gasteiger partial charge in [0.05, 0.1) is 13.0 Å². The van der Waals surface area contributed by atoms with Crippen LogP contribution in [0.5, 0.6) is 0 Å². The Labute approximate surface area is 153 Å². The number of carbonyl (C=O) groups excluding carboxylic acids is 2. The zero-order chi connectivity index (χ0) is 18.1. The molecule has 2 amide bonds. The third kappa shape index (κ3) is 6.66. The summed E-state index contributed by atoms with van der Waals surface area (Å²) in [5, 5.41) is 3.35. The standard InChI is InChI=1S/C19H25N3O2S/c1-3-4-8-11-22(18(24)12-16-9-6-5-7-10-16)14-17(23)21-19-20-13-15(2)25-19/h5-7,9-10,13H,3-4,8,11-12,14H2,1-2H3,(H,20,21,23). The van der Waals surface area contributed by atoms with Crippen LogP contribution in [0.15, 0.2) is 36.5 Å². The van der Waals surface area contributed by atoms with Gasteiger partial charge in [-0.3, -0.25) is 9.59 Å². The number of nitrogens with zero attached hydrogens (tertiary/aromatic N) is 2. The van der Waals surface area contributed by atoms with Crippen molar-refractivity contribution < 1.29 is 9.59 Å². The van der Waals surface area contributed by atoms with Crippen LogP contribution in [0.1, 0.15) is 36.6 Å². The van der Waals surface area contributed by atoms with Gasteiger partial charge in [0.2, 0.25) is 11.8 Å². The number of carbonyl (C=O) groups is 2. The van der Waals surface area contributed by atoms with E-state index in [4.69, 9.17) is 0 Å². The second-order valence-electron chi connectivity index (χ2n) is 6.01. The minimum atomic E-state index is -0.202. The number of nitrogens with one attached hydrogen (secondary N) is 1. The molecule has 0 fully saturated rings. The lowest BCUT2D eigenvalue weighted by Gasteiger charge is -2.22. The molecule has 0 spiro atoms. The van der Waals surface area contributed by atoms with E-state index in [1.54, 1.807) is 11.1 Å². The average Bonchev–Trinajstić information content (AvgIpc) is 2.99. The first kappa shape index (κ1) is 19.1. The topological polar surface area (TPSA) is 62.3 Å². The quantitative estimate of drug-likeness (QED) is 0.695. The summed E-state index contributed by atoms with van der Waals surface area (Å²) in [7, 11) is 0. The van der Waals surface area contributed by atoms with Crippen LogP contribution in [-0.2, 0) is 16.0 Å². The Balaban J connectivity index is 1.96. The van der Waals surface area contributed by atoms with Crippen molar-refractivity contribution in [3.63, 3.8) is 0 Å². The molecule has 0 aliphatic heterocycles. The van der Waals surface area contributed by atoms with Crippen LogP contribution >= 0.6 is 11.3 Å². The first-order valence-corrected chi connectivity index (χ1v) is 9.44. The van der Waals surface area contributed by atoms with Crippen LogP contribution in [0.25, 0.3) is 0 Å². The van der Waals surface area contributed by atoms with Crippen LogP contribution in [0.3, 0.4) is 0 Å². The van der Waals surface area contributed by atoms with E-state index in [0.29, 0.717) is 18.1 Å². The van der Waals surface area contributed by atoms with E-state index >= 15 is 0 Å². The first-order chi connectivity index (χ1) is 12.1. The maximum atomic E-state index is 12.6.